The fraction of sp³-hybridized carbons (Fsp3) is 0.588. The second kappa shape index (κ2) is 6.39. The Kier molecular flexibility index (Phi) is 4.53. The van der Waals surface area contributed by atoms with Gasteiger partial charge in [0.25, 0.3) is 5.91 Å². The molecule has 0 aromatic heterocycles. The van der Waals surface area contributed by atoms with Crippen LogP contribution in [0.15, 0.2) is 22.7 Å². The van der Waals surface area contributed by atoms with E-state index >= 15 is 0 Å². The van der Waals surface area contributed by atoms with Gasteiger partial charge in [-0.2, -0.15) is 0 Å². The highest BCUT2D eigenvalue weighted by Gasteiger charge is 2.36. The van der Waals surface area contributed by atoms with E-state index in [9.17, 15) is 4.79 Å². The van der Waals surface area contributed by atoms with Crippen molar-refractivity contribution in [3.63, 3.8) is 0 Å². The third-order valence-electron chi connectivity index (χ3n) is 4.91. The lowest BCUT2D eigenvalue weighted by Gasteiger charge is -2.30. The lowest BCUT2D eigenvalue weighted by atomic mass is 9.95. The fourth-order valence-corrected chi connectivity index (χ4v) is 4.24. The van der Waals surface area contributed by atoms with Crippen molar-refractivity contribution in [2.45, 2.75) is 44.6 Å². The molecule has 0 spiro atoms. The summed E-state index contributed by atoms with van der Waals surface area (Å²) in [5, 5.41) is 0. The molecule has 4 heteroatoms. The molecule has 1 aliphatic heterocycles. The first kappa shape index (κ1) is 14.9. The monoisotopic (exact) mass is 351 g/mol. The van der Waals surface area contributed by atoms with Gasteiger partial charge in [0.1, 0.15) is 5.75 Å². The Morgan fingerprint density at radius 1 is 1.24 bits per heavy atom. The normalized spacial score (nSPS) is 22.8. The number of likely N-dealkylation sites (tertiary alicyclic amines) is 1. The molecule has 1 heterocycles. The maximum atomic E-state index is 12.9. The van der Waals surface area contributed by atoms with E-state index in [4.69, 9.17) is 4.74 Å². The summed E-state index contributed by atoms with van der Waals surface area (Å²) in [6.45, 7) is 0.893. The lowest BCUT2D eigenvalue weighted by Crippen LogP contribution is -2.39. The van der Waals surface area contributed by atoms with Crippen molar-refractivity contribution in [2.75, 3.05) is 13.7 Å². The van der Waals surface area contributed by atoms with E-state index in [1.807, 2.05) is 18.2 Å². The first-order valence-corrected chi connectivity index (χ1v) is 8.64. The van der Waals surface area contributed by atoms with E-state index in [1.54, 1.807) is 7.11 Å². The van der Waals surface area contributed by atoms with Crippen molar-refractivity contribution in [3.05, 3.63) is 28.2 Å². The largest absolute Gasteiger partial charge is 0.497 e. The molecule has 114 valence electrons. The summed E-state index contributed by atoms with van der Waals surface area (Å²) in [6, 6.07) is 6.06. The third kappa shape index (κ3) is 2.96. The van der Waals surface area contributed by atoms with Gasteiger partial charge in [-0.15, -0.1) is 0 Å². The minimum Gasteiger partial charge on any atom is -0.497 e. The number of ether oxygens (including phenoxy) is 1. The van der Waals surface area contributed by atoms with Crippen LogP contribution in [0.3, 0.4) is 0 Å². The number of halogens is 1. The van der Waals surface area contributed by atoms with Gasteiger partial charge >= 0.3 is 0 Å². The maximum absolute atomic E-state index is 12.9. The van der Waals surface area contributed by atoms with Gasteiger partial charge in [0.2, 0.25) is 0 Å². The molecule has 0 N–H and O–H groups in total. The van der Waals surface area contributed by atoms with Crippen LogP contribution >= 0.6 is 15.9 Å². The average Bonchev–Trinajstić information content (AvgIpc) is 3.17. The van der Waals surface area contributed by atoms with Crippen LogP contribution in [0.4, 0.5) is 0 Å². The summed E-state index contributed by atoms with van der Waals surface area (Å²) < 4.78 is 6.11. The Balaban J connectivity index is 1.83. The number of hydrogen-bond acceptors (Lipinski definition) is 2. The molecule has 2 fully saturated rings. The molecule has 21 heavy (non-hydrogen) atoms. The van der Waals surface area contributed by atoms with E-state index in [1.165, 1.54) is 25.7 Å². The Morgan fingerprint density at radius 2 is 2.00 bits per heavy atom. The summed E-state index contributed by atoms with van der Waals surface area (Å²) in [5.74, 6) is 1.59. The summed E-state index contributed by atoms with van der Waals surface area (Å²) in [4.78, 5) is 15.1. The van der Waals surface area contributed by atoms with Crippen LogP contribution in [0.1, 0.15) is 48.9 Å². The Bertz CT molecular complexity index is 526. The first-order valence-electron chi connectivity index (χ1n) is 7.85. The summed E-state index contributed by atoms with van der Waals surface area (Å²) in [5.41, 5.74) is 0.722. The predicted octanol–water partition coefficient (Wildman–Crippen LogP) is 4.25. The van der Waals surface area contributed by atoms with E-state index in [0.29, 0.717) is 12.0 Å². The zero-order chi connectivity index (χ0) is 14.8. The first-order chi connectivity index (χ1) is 10.2. The van der Waals surface area contributed by atoms with Crippen LogP contribution in [0.5, 0.6) is 5.75 Å². The van der Waals surface area contributed by atoms with Crippen LogP contribution in [0.25, 0.3) is 0 Å². The molecule has 2 aliphatic rings. The van der Waals surface area contributed by atoms with Crippen molar-refractivity contribution >= 4 is 21.8 Å². The smallest absolute Gasteiger partial charge is 0.255 e. The van der Waals surface area contributed by atoms with E-state index in [2.05, 4.69) is 20.8 Å². The highest BCUT2D eigenvalue weighted by atomic mass is 79.9. The van der Waals surface area contributed by atoms with Crippen LogP contribution in [-0.4, -0.2) is 30.5 Å². The number of methoxy groups -OCH3 is 1. The van der Waals surface area contributed by atoms with Gasteiger partial charge in [-0.3, -0.25) is 4.79 Å². The minimum absolute atomic E-state index is 0.148. The molecule has 1 aromatic rings. The zero-order valence-electron chi connectivity index (χ0n) is 12.5. The lowest BCUT2D eigenvalue weighted by molar-refractivity contribution is 0.0688. The SMILES string of the molecule is COc1ccc(Br)c(C(=O)N2CCCC2C2CCCC2)c1. The number of carbonyl (C=O) groups is 1. The van der Waals surface area contributed by atoms with Gasteiger partial charge in [-0.25, -0.2) is 0 Å². The summed E-state index contributed by atoms with van der Waals surface area (Å²) >= 11 is 3.51. The second-order valence-electron chi connectivity index (χ2n) is 6.10. The topological polar surface area (TPSA) is 29.5 Å². The van der Waals surface area contributed by atoms with Crippen molar-refractivity contribution in [3.8, 4) is 5.75 Å². The fourth-order valence-electron chi connectivity index (χ4n) is 3.83. The molecule has 1 amide bonds. The van der Waals surface area contributed by atoms with E-state index in [-0.39, 0.29) is 5.91 Å². The number of rotatable bonds is 3. The minimum atomic E-state index is 0.148. The highest BCUT2D eigenvalue weighted by Crippen LogP contribution is 2.36. The van der Waals surface area contributed by atoms with Gasteiger partial charge in [-0.1, -0.05) is 12.8 Å². The summed E-state index contributed by atoms with van der Waals surface area (Å²) in [6.07, 6.45) is 7.52. The number of amides is 1. The Hall–Kier alpha value is -1.03. The van der Waals surface area contributed by atoms with Crippen molar-refractivity contribution in [1.29, 1.82) is 0 Å². The van der Waals surface area contributed by atoms with Gasteiger partial charge in [0.05, 0.1) is 12.7 Å². The maximum Gasteiger partial charge on any atom is 0.255 e. The van der Waals surface area contributed by atoms with Crippen molar-refractivity contribution in [2.24, 2.45) is 5.92 Å². The molecule has 3 nitrogen and oxygen atoms in total. The Labute approximate surface area is 134 Å². The van der Waals surface area contributed by atoms with Crippen LogP contribution < -0.4 is 4.74 Å². The van der Waals surface area contributed by atoms with E-state index in [0.717, 1.165) is 35.2 Å². The quantitative estimate of drug-likeness (QED) is 0.814. The highest BCUT2D eigenvalue weighted by molar-refractivity contribution is 9.10. The van der Waals surface area contributed by atoms with Crippen LogP contribution in [-0.2, 0) is 0 Å². The van der Waals surface area contributed by atoms with Gasteiger partial charge in [-0.05, 0) is 65.7 Å². The summed E-state index contributed by atoms with van der Waals surface area (Å²) in [7, 11) is 1.63. The van der Waals surface area contributed by atoms with Gasteiger partial charge in [0.15, 0.2) is 0 Å². The molecular formula is C17H22BrNO2. The molecule has 0 bridgehead atoms. The van der Waals surface area contributed by atoms with Gasteiger partial charge in [0, 0.05) is 17.1 Å². The molecule has 1 atom stereocenters. The van der Waals surface area contributed by atoms with Crippen molar-refractivity contribution in [1.82, 2.24) is 4.90 Å². The molecule has 1 saturated heterocycles. The molecular weight excluding hydrogens is 330 g/mol. The predicted molar refractivity (Wildman–Crippen MR) is 86.7 cm³/mol. The van der Waals surface area contributed by atoms with Crippen LogP contribution in [0.2, 0.25) is 0 Å². The molecule has 3 rings (SSSR count). The molecule has 1 aromatic carbocycles. The number of carbonyl (C=O) groups excluding carboxylic acids is 1. The molecule has 1 aliphatic carbocycles. The second-order valence-corrected chi connectivity index (χ2v) is 6.95. The van der Waals surface area contributed by atoms with Crippen LogP contribution in [0, 0.1) is 5.92 Å². The third-order valence-corrected chi connectivity index (χ3v) is 5.60. The molecule has 0 radical (unpaired) electrons. The van der Waals surface area contributed by atoms with E-state index < -0.39 is 0 Å². The molecule has 1 unspecified atom stereocenters. The standard InChI is InChI=1S/C17H22BrNO2/c1-21-13-8-9-15(18)14(11-13)17(20)19-10-4-7-16(19)12-5-2-3-6-12/h8-9,11-12,16H,2-7,10H2,1H3. The Morgan fingerprint density at radius 3 is 2.71 bits per heavy atom. The van der Waals surface area contributed by atoms with Gasteiger partial charge < -0.3 is 9.64 Å². The van der Waals surface area contributed by atoms with Crippen molar-refractivity contribution < 1.29 is 9.53 Å². The number of hydrogen-bond donors (Lipinski definition) is 0. The zero-order valence-corrected chi connectivity index (χ0v) is 14.1. The number of nitrogens with zero attached hydrogens (tertiary/aromatic N) is 1. The molecule has 1 saturated carbocycles. The average molecular weight is 352 g/mol. The number of benzene rings is 1.